The highest BCUT2D eigenvalue weighted by Gasteiger charge is 2.24. The van der Waals surface area contributed by atoms with Gasteiger partial charge in [-0.25, -0.2) is 22.3 Å². The van der Waals surface area contributed by atoms with Crippen LogP contribution in [-0.4, -0.2) is 25.5 Å². The number of carbonyl (C=O) groups is 1. The lowest BCUT2D eigenvalue weighted by Gasteiger charge is -2.12. The minimum Gasteiger partial charge on any atom is -0.478 e. The molecular weight excluding hydrogens is 273 g/mol. The van der Waals surface area contributed by atoms with Crippen LogP contribution in [0.5, 0.6) is 0 Å². The van der Waals surface area contributed by atoms with Crippen molar-refractivity contribution >= 4 is 16.0 Å². The van der Waals surface area contributed by atoms with Gasteiger partial charge < -0.3 is 5.11 Å². The predicted molar refractivity (Wildman–Crippen MR) is 65.9 cm³/mol. The van der Waals surface area contributed by atoms with Gasteiger partial charge in [0, 0.05) is 6.04 Å². The molecule has 7 heteroatoms. The Bertz CT molecular complexity index is 594. The van der Waals surface area contributed by atoms with E-state index in [0.29, 0.717) is 0 Å². The van der Waals surface area contributed by atoms with Crippen molar-refractivity contribution in [3.05, 3.63) is 29.6 Å². The zero-order valence-corrected chi connectivity index (χ0v) is 10.9. The van der Waals surface area contributed by atoms with Crippen molar-refractivity contribution in [2.24, 2.45) is 0 Å². The standard InChI is InChI=1S/C12H14FNO4S/c13-11-7-9(5-6-10(11)12(15)16)19(17,18)14-8-3-1-2-4-8/h5-8,14H,1-4H2,(H,15,16). The van der Waals surface area contributed by atoms with Crippen LogP contribution >= 0.6 is 0 Å². The quantitative estimate of drug-likeness (QED) is 0.883. The molecule has 0 aliphatic heterocycles. The number of benzene rings is 1. The van der Waals surface area contributed by atoms with Crippen molar-refractivity contribution < 1.29 is 22.7 Å². The van der Waals surface area contributed by atoms with Gasteiger partial charge in [0.05, 0.1) is 10.5 Å². The molecule has 0 spiro atoms. The second-order valence-electron chi connectivity index (χ2n) is 4.55. The highest BCUT2D eigenvalue weighted by molar-refractivity contribution is 7.89. The average molecular weight is 287 g/mol. The number of halogens is 1. The summed E-state index contributed by atoms with van der Waals surface area (Å²) < 4.78 is 40.0. The second-order valence-corrected chi connectivity index (χ2v) is 6.26. The molecule has 104 valence electrons. The third-order valence-corrected chi connectivity index (χ3v) is 4.68. The van der Waals surface area contributed by atoms with Crippen LogP contribution in [0.2, 0.25) is 0 Å². The minimum atomic E-state index is -3.79. The number of carboxylic acid groups (broad SMARTS) is 1. The second kappa shape index (κ2) is 5.26. The Morgan fingerprint density at radius 2 is 1.95 bits per heavy atom. The molecule has 1 aromatic carbocycles. The number of sulfonamides is 1. The highest BCUT2D eigenvalue weighted by atomic mass is 32.2. The van der Waals surface area contributed by atoms with E-state index in [1.165, 1.54) is 0 Å². The van der Waals surface area contributed by atoms with E-state index < -0.39 is 27.4 Å². The summed E-state index contributed by atoms with van der Waals surface area (Å²) in [5.41, 5.74) is -0.542. The van der Waals surface area contributed by atoms with Crippen molar-refractivity contribution in [1.29, 1.82) is 0 Å². The molecule has 1 aliphatic carbocycles. The highest BCUT2D eigenvalue weighted by Crippen LogP contribution is 2.21. The van der Waals surface area contributed by atoms with Gasteiger partial charge in [0.25, 0.3) is 0 Å². The molecule has 0 amide bonds. The molecule has 0 radical (unpaired) electrons. The van der Waals surface area contributed by atoms with Crippen LogP contribution in [0.25, 0.3) is 0 Å². The zero-order valence-electron chi connectivity index (χ0n) is 10.1. The van der Waals surface area contributed by atoms with E-state index in [9.17, 15) is 17.6 Å². The monoisotopic (exact) mass is 287 g/mol. The molecule has 0 unspecified atom stereocenters. The molecule has 1 saturated carbocycles. The van der Waals surface area contributed by atoms with Crippen LogP contribution in [0, 0.1) is 5.82 Å². The first kappa shape index (κ1) is 14.0. The molecule has 0 atom stereocenters. The number of carboxylic acids is 1. The van der Waals surface area contributed by atoms with Crippen LogP contribution in [0.3, 0.4) is 0 Å². The summed E-state index contributed by atoms with van der Waals surface area (Å²) in [6.45, 7) is 0. The van der Waals surface area contributed by atoms with Crippen LogP contribution in [0.4, 0.5) is 4.39 Å². The zero-order chi connectivity index (χ0) is 14.0. The Labute approximate surface area is 110 Å². The van der Waals surface area contributed by atoms with Gasteiger partial charge in [-0.3, -0.25) is 0 Å². The van der Waals surface area contributed by atoms with Gasteiger partial charge in [-0.2, -0.15) is 0 Å². The molecular formula is C12H14FNO4S. The normalized spacial score (nSPS) is 16.7. The van der Waals surface area contributed by atoms with Crippen molar-refractivity contribution in [3.8, 4) is 0 Å². The van der Waals surface area contributed by atoms with E-state index in [0.717, 1.165) is 43.9 Å². The van der Waals surface area contributed by atoms with Gasteiger partial charge in [0.15, 0.2) is 0 Å². The molecule has 0 heterocycles. The van der Waals surface area contributed by atoms with Crippen molar-refractivity contribution in [2.45, 2.75) is 36.6 Å². The Kier molecular flexibility index (Phi) is 3.86. The Hall–Kier alpha value is -1.47. The average Bonchev–Trinajstić information content (AvgIpc) is 2.80. The molecule has 1 fully saturated rings. The predicted octanol–water partition coefficient (Wildman–Crippen LogP) is 1.74. The topological polar surface area (TPSA) is 83.5 Å². The molecule has 2 N–H and O–H groups in total. The summed E-state index contributed by atoms with van der Waals surface area (Å²) in [6.07, 6.45) is 3.49. The van der Waals surface area contributed by atoms with Crippen LogP contribution < -0.4 is 4.72 Å². The first-order valence-corrected chi connectivity index (χ1v) is 7.43. The molecule has 19 heavy (non-hydrogen) atoms. The number of aromatic carboxylic acids is 1. The van der Waals surface area contributed by atoms with Gasteiger partial charge in [-0.05, 0) is 31.0 Å². The SMILES string of the molecule is O=C(O)c1ccc(S(=O)(=O)NC2CCCC2)cc1F. The van der Waals surface area contributed by atoms with Gasteiger partial charge in [-0.15, -0.1) is 0 Å². The molecule has 2 rings (SSSR count). The van der Waals surface area contributed by atoms with Gasteiger partial charge in [0.1, 0.15) is 5.82 Å². The van der Waals surface area contributed by atoms with Crippen molar-refractivity contribution in [3.63, 3.8) is 0 Å². The fourth-order valence-corrected chi connectivity index (χ4v) is 3.48. The van der Waals surface area contributed by atoms with Crippen LogP contribution in [0.1, 0.15) is 36.0 Å². The number of nitrogens with one attached hydrogen (secondary N) is 1. The summed E-state index contributed by atoms with van der Waals surface area (Å²) in [7, 11) is -3.79. The number of rotatable bonds is 4. The summed E-state index contributed by atoms with van der Waals surface area (Å²) in [4.78, 5) is 10.4. The molecule has 0 aromatic heterocycles. The maximum Gasteiger partial charge on any atom is 0.338 e. The maximum absolute atomic E-state index is 13.5. The first-order valence-electron chi connectivity index (χ1n) is 5.95. The van der Waals surface area contributed by atoms with E-state index in [-0.39, 0.29) is 10.9 Å². The fraction of sp³-hybridized carbons (Fsp3) is 0.417. The Balaban J connectivity index is 2.25. The first-order chi connectivity index (χ1) is 8.90. The lowest BCUT2D eigenvalue weighted by Crippen LogP contribution is -2.32. The molecule has 0 saturated heterocycles. The van der Waals surface area contributed by atoms with Crippen molar-refractivity contribution in [1.82, 2.24) is 4.72 Å². The third-order valence-electron chi connectivity index (χ3n) is 3.16. The number of hydrogen-bond acceptors (Lipinski definition) is 3. The van der Waals surface area contributed by atoms with E-state index in [1.807, 2.05) is 0 Å². The maximum atomic E-state index is 13.5. The minimum absolute atomic E-state index is 0.118. The molecule has 1 aliphatic rings. The Morgan fingerprint density at radius 3 is 2.47 bits per heavy atom. The molecule has 5 nitrogen and oxygen atoms in total. The van der Waals surface area contributed by atoms with E-state index in [4.69, 9.17) is 5.11 Å². The smallest absolute Gasteiger partial charge is 0.338 e. The summed E-state index contributed by atoms with van der Waals surface area (Å²) >= 11 is 0. The summed E-state index contributed by atoms with van der Waals surface area (Å²) in [5, 5.41) is 8.68. The number of hydrogen-bond donors (Lipinski definition) is 2. The lowest BCUT2D eigenvalue weighted by molar-refractivity contribution is 0.0691. The van der Waals surface area contributed by atoms with E-state index in [1.54, 1.807) is 0 Å². The van der Waals surface area contributed by atoms with Crippen LogP contribution in [-0.2, 0) is 10.0 Å². The Morgan fingerprint density at radius 1 is 1.32 bits per heavy atom. The third kappa shape index (κ3) is 3.10. The largest absolute Gasteiger partial charge is 0.478 e. The van der Waals surface area contributed by atoms with Gasteiger partial charge >= 0.3 is 5.97 Å². The lowest BCUT2D eigenvalue weighted by atomic mass is 10.2. The van der Waals surface area contributed by atoms with Gasteiger partial charge in [-0.1, -0.05) is 12.8 Å². The molecule has 1 aromatic rings. The summed E-state index contributed by atoms with van der Waals surface area (Å²) in [5.74, 6) is -2.48. The fourth-order valence-electron chi connectivity index (χ4n) is 2.17. The molecule has 0 bridgehead atoms. The van der Waals surface area contributed by atoms with E-state index in [2.05, 4.69) is 4.72 Å². The van der Waals surface area contributed by atoms with Gasteiger partial charge in [0.2, 0.25) is 10.0 Å². The summed E-state index contributed by atoms with van der Waals surface area (Å²) in [6, 6.07) is 2.68. The van der Waals surface area contributed by atoms with E-state index >= 15 is 0 Å². The van der Waals surface area contributed by atoms with Crippen molar-refractivity contribution in [2.75, 3.05) is 0 Å². The van der Waals surface area contributed by atoms with Crippen LogP contribution in [0.15, 0.2) is 23.1 Å².